The first kappa shape index (κ1) is 25.6. The van der Waals surface area contributed by atoms with Gasteiger partial charge in [-0.05, 0) is 72.8 Å². The molecule has 0 bridgehead atoms. The van der Waals surface area contributed by atoms with Gasteiger partial charge in [0.25, 0.3) is 11.4 Å². The SMILES string of the molecule is O=[N+]([O-])c1ccc(N=Nc2ccc(OCCOc3ccc(N=Nc4ccc([N+](=O)[O-])cc4)cc3)cc2)cc1. The molecule has 0 heterocycles. The molecule has 4 rings (SSSR count). The van der Waals surface area contributed by atoms with Gasteiger partial charge in [0.15, 0.2) is 0 Å². The molecule has 0 aliphatic heterocycles. The molecule has 4 aromatic carbocycles. The van der Waals surface area contributed by atoms with Crippen molar-refractivity contribution >= 4 is 34.1 Å². The van der Waals surface area contributed by atoms with Gasteiger partial charge in [-0.25, -0.2) is 0 Å². The molecule has 12 heteroatoms. The first-order chi connectivity index (χ1) is 18.5. The van der Waals surface area contributed by atoms with Gasteiger partial charge in [0.1, 0.15) is 24.7 Å². The van der Waals surface area contributed by atoms with Crippen molar-refractivity contribution in [2.75, 3.05) is 13.2 Å². The van der Waals surface area contributed by atoms with Crippen molar-refractivity contribution in [1.82, 2.24) is 0 Å². The Morgan fingerprint density at radius 1 is 0.474 bits per heavy atom. The lowest BCUT2D eigenvalue weighted by Crippen LogP contribution is -2.08. The van der Waals surface area contributed by atoms with E-state index in [1.807, 2.05) is 0 Å². The third-order valence-corrected chi connectivity index (χ3v) is 4.98. The second-order valence-electron chi connectivity index (χ2n) is 7.63. The molecular formula is C26H20N6O6. The van der Waals surface area contributed by atoms with Crippen LogP contribution in [0.5, 0.6) is 11.5 Å². The van der Waals surface area contributed by atoms with Crippen LogP contribution in [-0.4, -0.2) is 23.1 Å². The van der Waals surface area contributed by atoms with E-state index in [0.29, 0.717) is 47.5 Å². The molecule has 0 fully saturated rings. The molecule has 0 aromatic heterocycles. The molecule has 0 amide bonds. The van der Waals surface area contributed by atoms with Gasteiger partial charge >= 0.3 is 0 Å². The van der Waals surface area contributed by atoms with E-state index < -0.39 is 9.85 Å². The van der Waals surface area contributed by atoms with Crippen LogP contribution in [0.3, 0.4) is 0 Å². The molecular weight excluding hydrogens is 492 g/mol. The van der Waals surface area contributed by atoms with Crippen molar-refractivity contribution in [1.29, 1.82) is 0 Å². The molecule has 0 aliphatic rings. The Morgan fingerprint density at radius 3 is 1.00 bits per heavy atom. The zero-order valence-electron chi connectivity index (χ0n) is 19.8. The number of ether oxygens (including phenoxy) is 2. The lowest BCUT2D eigenvalue weighted by atomic mass is 10.3. The van der Waals surface area contributed by atoms with Crippen LogP contribution in [0.25, 0.3) is 0 Å². The lowest BCUT2D eigenvalue weighted by Gasteiger charge is -2.08. The van der Waals surface area contributed by atoms with Crippen LogP contribution in [-0.2, 0) is 0 Å². The topological polar surface area (TPSA) is 154 Å². The first-order valence-electron chi connectivity index (χ1n) is 11.2. The van der Waals surface area contributed by atoms with E-state index in [0.717, 1.165) is 0 Å². The van der Waals surface area contributed by atoms with Gasteiger partial charge < -0.3 is 9.47 Å². The highest BCUT2D eigenvalue weighted by molar-refractivity contribution is 5.47. The van der Waals surface area contributed by atoms with E-state index in [1.54, 1.807) is 48.5 Å². The van der Waals surface area contributed by atoms with Gasteiger partial charge in [-0.3, -0.25) is 20.2 Å². The van der Waals surface area contributed by atoms with Crippen LogP contribution in [0.15, 0.2) is 118 Å². The average molecular weight is 512 g/mol. The second kappa shape index (κ2) is 12.4. The minimum absolute atomic E-state index is 0.00486. The molecule has 12 nitrogen and oxygen atoms in total. The third kappa shape index (κ3) is 7.49. The minimum atomic E-state index is -0.470. The highest BCUT2D eigenvalue weighted by atomic mass is 16.6. The Hall–Kier alpha value is -5.52. The number of azo groups is 2. The molecule has 0 saturated heterocycles. The molecule has 38 heavy (non-hydrogen) atoms. The molecule has 0 N–H and O–H groups in total. The fraction of sp³-hybridized carbons (Fsp3) is 0.0769. The molecule has 0 aliphatic carbocycles. The van der Waals surface area contributed by atoms with Crippen molar-refractivity contribution in [3.8, 4) is 11.5 Å². The van der Waals surface area contributed by atoms with Crippen LogP contribution in [0.2, 0.25) is 0 Å². The monoisotopic (exact) mass is 512 g/mol. The summed E-state index contributed by atoms with van der Waals surface area (Å²) >= 11 is 0. The van der Waals surface area contributed by atoms with Gasteiger partial charge in [-0.2, -0.15) is 20.5 Å². The summed E-state index contributed by atoms with van der Waals surface area (Å²) in [6.07, 6.45) is 0. The van der Waals surface area contributed by atoms with Gasteiger partial charge in [0.2, 0.25) is 0 Å². The summed E-state index contributed by atoms with van der Waals surface area (Å²) in [4.78, 5) is 20.5. The minimum Gasteiger partial charge on any atom is -0.490 e. The van der Waals surface area contributed by atoms with Gasteiger partial charge in [0, 0.05) is 24.3 Å². The van der Waals surface area contributed by atoms with Crippen LogP contribution in [0.4, 0.5) is 34.1 Å². The number of rotatable bonds is 11. The van der Waals surface area contributed by atoms with Crippen molar-refractivity contribution in [2.45, 2.75) is 0 Å². The molecule has 0 atom stereocenters. The summed E-state index contributed by atoms with van der Waals surface area (Å²) < 4.78 is 11.4. The van der Waals surface area contributed by atoms with Crippen LogP contribution in [0.1, 0.15) is 0 Å². The van der Waals surface area contributed by atoms with E-state index in [9.17, 15) is 20.2 Å². The summed E-state index contributed by atoms with van der Waals surface area (Å²) in [6.45, 7) is 0.649. The van der Waals surface area contributed by atoms with E-state index in [1.165, 1.54) is 48.5 Å². The van der Waals surface area contributed by atoms with Gasteiger partial charge in [-0.15, -0.1) is 0 Å². The zero-order valence-corrected chi connectivity index (χ0v) is 19.8. The smallest absolute Gasteiger partial charge is 0.269 e. The standard InChI is InChI=1S/C26H20N6O6/c33-31(34)23-9-1-19(2-10-23)27-29-21-5-13-25(14-6-21)37-17-18-38-26-15-7-22(8-16-26)30-28-20-3-11-24(12-4-20)32(35)36/h1-16H,17-18H2. The molecule has 0 saturated carbocycles. The molecule has 0 radical (unpaired) electrons. The number of nitro groups is 2. The number of hydrogen-bond acceptors (Lipinski definition) is 10. The number of benzene rings is 4. The Balaban J connectivity index is 1.19. The van der Waals surface area contributed by atoms with Crippen LogP contribution < -0.4 is 9.47 Å². The maximum Gasteiger partial charge on any atom is 0.269 e. The predicted octanol–water partition coefficient (Wildman–Crippen LogP) is 7.79. The van der Waals surface area contributed by atoms with E-state index >= 15 is 0 Å². The van der Waals surface area contributed by atoms with Crippen LogP contribution in [0, 0.1) is 20.2 Å². The number of non-ortho nitro benzene ring substituents is 2. The predicted molar refractivity (Wildman–Crippen MR) is 138 cm³/mol. The summed E-state index contributed by atoms with van der Waals surface area (Å²) in [6, 6.07) is 25.6. The second-order valence-corrected chi connectivity index (χ2v) is 7.63. The molecule has 4 aromatic rings. The largest absolute Gasteiger partial charge is 0.490 e. The maximum atomic E-state index is 10.7. The summed E-state index contributed by atoms with van der Waals surface area (Å²) in [5.41, 5.74) is 2.22. The Bertz CT molecular complexity index is 1330. The number of nitrogens with zero attached hydrogens (tertiary/aromatic N) is 6. The Kier molecular flexibility index (Phi) is 8.37. The van der Waals surface area contributed by atoms with Crippen molar-refractivity contribution < 1.29 is 19.3 Å². The first-order valence-corrected chi connectivity index (χ1v) is 11.2. The Labute approximate surface area is 216 Å². The number of nitro benzene ring substituents is 2. The van der Waals surface area contributed by atoms with E-state index in [2.05, 4.69) is 20.5 Å². The quantitative estimate of drug-likeness (QED) is 0.0864. The summed E-state index contributed by atoms with van der Waals surface area (Å²) in [5.74, 6) is 1.29. The highest BCUT2D eigenvalue weighted by Crippen LogP contribution is 2.24. The van der Waals surface area contributed by atoms with Crippen molar-refractivity contribution in [3.63, 3.8) is 0 Å². The molecule has 0 unspecified atom stereocenters. The van der Waals surface area contributed by atoms with Crippen LogP contribution >= 0.6 is 0 Å². The number of hydrogen-bond donors (Lipinski definition) is 0. The van der Waals surface area contributed by atoms with Crippen molar-refractivity contribution in [3.05, 3.63) is 117 Å². The molecule has 190 valence electrons. The highest BCUT2D eigenvalue weighted by Gasteiger charge is 2.04. The average Bonchev–Trinajstić information content (AvgIpc) is 2.95. The molecule has 0 spiro atoms. The maximum absolute atomic E-state index is 10.7. The normalized spacial score (nSPS) is 11.1. The fourth-order valence-electron chi connectivity index (χ4n) is 3.05. The third-order valence-electron chi connectivity index (χ3n) is 4.98. The van der Waals surface area contributed by atoms with E-state index in [-0.39, 0.29) is 11.4 Å². The van der Waals surface area contributed by atoms with Crippen molar-refractivity contribution in [2.24, 2.45) is 20.5 Å². The summed E-state index contributed by atoms with van der Waals surface area (Å²) in [5, 5.41) is 37.7. The van der Waals surface area contributed by atoms with Gasteiger partial charge in [-0.1, -0.05) is 0 Å². The zero-order chi connectivity index (χ0) is 26.7. The van der Waals surface area contributed by atoms with E-state index in [4.69, 9.17) is 9.47 Å². The summed E-state index contributed by atoms with van der Waals surface area (Å²) in [7, 11) is 0. The Morgan fingerprint density at radius 2 is 0.737 bits per heavy atom. The van der Waals surface area contributed by atoms with Gasteiger partial charge in [0.05, 0.1) is 32.6 Å². The lowest BCUT2D eigenvalue weighted by molar-refractivity contribution is -0.385. The fourth-order valence-corrected chi connectivity index (χ4v) is 3.05.